The Morgan fingerprint density at radius 1 is 1.04 bits per heavy atom. The van der Waals surface area contributed by atoms with Gasteiger partial charge in [0.15, 0.2) is 0 Å². The van der Waals surface area contributed by atoms with Gasteiger partial charge in [-0.15, -0.1) is 0 Å². The van der Waals surface area contributed by atoms with Gasteiger partial charge in [-0.25, -0.2) is 0 Å². The average molecular weight is 384 g/mol. The molecule has 2 aliphatic heterocycles. The number of pyridine rings is 1. The lowest BCUT2D eigenvalue weighted by Crippen LogP contribution is -2.51. The fraction of sp³-hybridized carbons (Fsp3) is 0.550. The molecule has 2 saturated heterocycles. The maximum atomic E-state index is 12.4. The van der Waals surface area contributed by atoms with Gasteiger partial charge in [-0.05, 0) is 12.1 Å². The first-order valence-electron chi connectivity index (χ1n) is 9.92. The van der Waals surface area contributed by atoms with Crippen molar-refractivity contribution in [3.05, 3.63) is 36.3 Å². The predicted molar refractivity (Wildman–Crippen MR) is 106 cm³/mol. The maximum absolute atomic E-state index is 12.4. The summed E-state index contributed by atoms with van der Waals surface area (Å²) < 4.78 is 7.21. The fourth-order valence-electron chi connectivity index (χ4n) is 3.86. The topological polar surface area (TPSA) is 66.7 Å². The van der Waals surface area contributed by atoms with Crippen LogP contribution in [0.25, 0.3) is 11.3 Å². The molecule has 2 aromatic rings. The minimum Gasteiger partial charge on any atom is -0.378 e. The number of carbonyl (C=O) groups excluding carboxylic acids is 1. The summed E-state index contributed by atoms with van der Waals surface area (Å²) in [5.74, 6) is 0.226. The summed E-state index contributed by atoms with van der Waals surface area (Å²) >= 11 is 0. The van der Waals surface area contributed by atoms with Crippen molar-refractivity contribution in [1.82, 2.24) is 29.5 Å². The number of nitrogens with zero attached hydrogens (tertiary/aromatic N) is 6. The molecule has 0 radical (unpaired) electrons. The second-order valence-electron chi connectivity index (χ2n) is 7.46. The molecule has 2 aromatic heterocycles. The van der Waals surface area contributed by atoms with E-state index in [0.29, 0.717) is 19.8 Å². The number of rotatable bonds is 5. The van der Waals surface area contributed by atoms with E-state index < -0.39 is 0 Å². The van der Waals surface area contributed by atoms with Crippen LogP contribution in [0.15, 0.2) is 30.7 Å². The third-order valence-corrected chi connectivity index (χ3v) is 5.44. The van der Waals surface area contributed by atoms with E-state index in [9.17, 15) is 4.79 Å². The van der Waals surface area contributed by atoms with Crippen molar-refractivity contribution >= 4 is 5.91 Å². The molecule has 0 aliphatic carbocycles. The quantitative estimate of drug-likeness (QED) is 0.746. The summed E-state index contributed by atoms with van der Waals surface area (Å²) in [5, 5.41) is 4.64. The molecule has 0 unspecified atom stereocenters. The molecule has 1 amide bonds. The van der Waals surface area contributed by atoms with Crippen LogP contribution in [0.3, 0.4) is 0 Å². The molecule has 4 rings (SSSR count). The lowest BCUT2D eigenvalue weighted by Gasteiger charge is -2.36. The molecule has 4 heterocycles. The van der Waals surface area contributed by atoms with Crippen molar-refractivity contribution < 1.29 is 9.53 Å². The van der Waals surface area contributed by atoms with Crippen molar-refractivity contribution in [2.75, 3.05) is 59.0 Å². The Balaban J connectivity index is 1.31. The molecule has 150 valence electrons. The van der Waals surface area contributed by atoms with Crippen molar-refractivity contribution in [1.29, 1.82) is 0 Å². The number of hydrogen-bond acceptors (Lipinski definition) is 6. The van der Waals surface area contributed by atoms with E-state index in [1.165, 1.54) is 5.56 Å². The Hall–Kier alpha value is -2.29. The molecular formula is C20H28N6O2. The highest BCUT2D eigenvalue weighted by atomic mass is 16.5. The van der Waals surface area contributed by atoms with E-state index in [1.807, 2.05) is 28.8 Å². The van der Waals surface area contributed by atoms with Gasteiger partial charge >= 0.3 is 0 Å². The third-order valence-electron chi connectivity index (χ3n) is 5.44. The Labute approximate surface area is 165 Å². The second-order valence-corrected chi connectivity index (χ2v) is 7.46. The lowest BCUT2D eigenvalue weighted by atomic mass is 10.1. The van der Waals surface area contributed by atoms with Gasteiger partial charge in [0, 0.05) is 82.6 Å². The molecule has 0 atom stereocenters. The van der Waals surface area contributed by atoms with Gasteiger partial charge in [-0.3, -0.25) is 24.3 Å². The number of hydrogen-bond donors (Lipinski definition) is 0. The number of amides is 1. The highest BCUT2D eigenvalue weighted by molar-refractivity contribution is 5.78. The van der Waals surface area contributed by atoms with Crippen LogP contribution >= 0.6 is 0 Å². The van der Waals surface area contributed by atoms with E-state index in [2.05, 4.69) is 26.1 Å². The Kier molecular flexibility index (Phi) is 5.99. The van der Waals surface area contributed by atoms with E-state index in [4.69, 9.17) is 4.74 Å². The predicted octanol–water partition coefficient (Wildman–Crippen LogP) is 0.459. The zero-order valence-corrected chi connectivity index (χ0v) is 16.5. The Morgan fingerprint density at radius 3 is 2.43 bits per heavy atom. The summed E-state index contributed by atoms with van der Waals surface area (Å²) in [6.45, 7) is 7.90. The van der Waals surface area contributed by atoms with Crippen molar-refractivity contribution in [2.24, 2.45) is 7.05 Å². The number of aryl methyl sites for hydroxylation is 1. The Morgan fingerprint density at radius 2 is 1.71 bits per heavy atom. The van der Waals surface area contributed by atoms with Crippen molar-refractivity contribution in [3.63, 3.8) is 0 Å². The summed E-state index contributed by atoms with van der Waals surface area (Å²) in [6, 6.07) is 4.00. The number of carbonyl (C=O) groups is 1. The molecule has 0 aromatic carbocycles. The summed E-state index contributed by atoms with van der Waals surface area (Å²) in [7, 11) is 1.96. The zero-order chi connectivity index (χ0) is 19.3. The number of morpholine rings is 1. The minimum atomic E-state index is 0.226. The van der Waals surface area contributed by atoms with E-state index in [-0.39, 0.29) is 5.91 Å². The van der Waals surface area contributed by atoms with E-state index >= 15 is 0 Å². The smallest absolute Gasteiger partial charge is 0.236 e. The first-order chi connectivity index (χ1) is 13.7. The molecule has 0 N–H and O–H groups in total. The van der Waals surface area contributed by atoms with Crippen LogP contribution in [0, 0.1) is 0 Å². The molecular weight excluding hydrogens is 356 g/mol. The largest absolute Gasteiger partial charge is 0.378 e. The normalized spacial score (nSPS) is 19.1. The monoisotopic (exact) mass is 384 g/mol. The highest BCUT2D eigenvalue weighted by Gasteiger charge is 2.24. The van der Waals surface area contributed by atoms with Crippen LogP contribution in [0.1, 0.15) is 5.56 Å². The number of aromatic nitrogens is 3. The summed E-state index contributed by atoms with van der Waals surface area (Å²) in [6.07, 6.45) is 5.71. The molecule has 0 spiro atoms. The zero-order valence-electron chi connectivity index (χ0n) is 16.5. The molecule has 28 heavy (non-hydrogen) atoms. The molecule has 0 bridgehead atoms. The van der Waals surface area contributed by atoms with Gasteiger partial charge in [0.25, 0.3) is 0 Å². The maximum Gasteiger partial charge on any atom is 0.236 e. The van der Waals surface area contributed by atoms with Crippen molar-refractivity contribution in [2.45, 2.75) is 6.54 Å². The molecule has 2 aliphatic rings. The lowest BCUT2D eigenvalue weighted by molar-refractivity contribution is -0.136. The first-order valence-corrected chi connectivity index (χ1v) is 9.92. The van der Waals surface area contributed by atoms with Gasteiger partial charge in [-0.1, -0.05) is 0 Å². The van der Waals surface area contributed by atoms with Gasteiger partial charge in [0.1, 0.15) is 0 Å². The van der Waals surface area contributed by atoms with Crippen LogP contribution in [-0.2, 0) is 23.1 Å². The second kappa shape index (κ2) is 8.81. The third kappa shape index (κ3) is 4.57. The van der Waals surface area contributed by atoms with Gasteiger partial charge < -0.3 is 9.64 Å². The van der Waals surface area contributed by atoms with Crippen LogP contribution in [0.2, 0.25) is 0 Å². The van der Waals surface area contributed by atoms with Gasteiger partial charge in [0.2, 0.25) is 5.91 Å². The Bertz CT molecular complexity index is 779. The van der Waals surface area contributed by atoms with Gasteiger partial charge in [-0.2, -0.15) is 5.10 Å². The first kappa shape index (κ1) is 19.0. The van der Waals surface area contributed by atoms with E-state index in [0.717, 1.165) is 57.1 Å². The molecule has 2 fully saturated rings. The van der Waals surface area contributed by atoms with Crippen molar-refractivity contribution in [3.8, 4) is 11.3 Å². The highest BCUT2D eigenvalue weighted by Crippen LogP contribution is 2.23. The van der Waals surface area contributed by atoms with Crippen LogP contribution in [0.5, 0.6) is 0 Å². The van der Waals surface area contributed by atoms with Gasteiger partial charge in [0.05, 0.1) is 25.5 Å². The summed E-state index contributed by atoms with van der Waals surface area (Å²) in [4.78, 5) is 23.2. The minimum absolute atomic E-state index is 0.226. The standard InChI is InChI=1S/C20H28N6O2/c1-23-14-18(20(22-23)17-2-4-21-5-3-17)15-24-6-8-25(9-7-24)16-19(27)26-10-12-28-13-11-26/h2-5,14H,6-13,15-16H2,1H3. The summed E-state index contributed by atoms with van der Waals surface area (Å²) in [5.41, 5.74) is 3.35. The number of piperazine rings is 1. The van der Waals surface area contributed by atoms with E-state index in [1.54, 1.807) is 12.4 Å². The SMILES string of the molecule is Cn1cc(CN2CCN(CC(=O)N3CCOCC3)CC2)c(-c2ccncc2)n1. The van der Waals surface area contributed by atoms with Crippen LogP contribution < -0.4 is 0 Å². The molecule has 8 nitrogen and oxygen atoms in total. The number of ether oxygens (including phenoxy) is 1. The fourth-order valence-corrected chi connectivity index (χ4v) is 3.86. The van der Waals surface area contributed by atoms with Crippen LogP contribution in [-0.4, -0.2) is 94.4 Å². The molecule has 8 heteroatoms. The molecule has 0 saturated carbocycles. The average Bonchev–Trinajstić information content (AvgIpc) is 3.11. The van der Waals surface area contributed by atoms with Crippen LogP contribution in [0.4, 0.5) is 0 Å².